The molecule has 3 rings (SSSR count). The van der Waals surface area contributed by atoms with Crippen molar-refractivity contribution >= 4 is 46.0 Å². The van der Waals surface area contributed by atoms with E-state index < -0.39 is 4.92 Å². The van der Waals surface area contributed by atoms with Crippen LogP contribution in [-0.2, 0) is 4.79 Å². The number of carbonyl (C=O) groups is 1. The number of thioether (sulfide) groups is 1. The lowest BCUT2D eigenvalue weighted by atomic mass is 10.0. The Morgan fingerprint density at radius 1 is 1.33 bits per heavy atom. The molecular formula is C19H18N2O4S2. The molecule has 1 aliphatic rings. The van der Waals surface area contributed by atoms with Gasteiger partial charge in [0.1, 0.15) is 15.8 Å². The summed E-state index contributed by atoms with van der Waals surface area (Å²) in [6, 6.07) is 6.84. The summed E-state index contributed by atoms with van der Waals surface area (Å²) in [5.74, 6) is 0.894. The van der Waals surface area contributed by atoms with Gasteiger partial charge in [-0.15, -0.1) is 0 Å². The highest BCUT2D eigenvalue weighted by atomic mass is 32.2. The van der Waals surface area contributed by atoms with Crippen molar-refractivity contribution in [1.29, 1.82) is 0 Å². The molecule has 0 bridgehead atoms. The number of amides is 1. The van der Waals surface area contributed by atoms with E-state index in [9.17, 15) is 14.9 Å². The van der Waals surface area contributed by atoms with Gasteiger partial charge in [-0.2, -0.15) is 0 Å². The Kier molecular flexibility index (Phi) is 5.48. The van der Waals surface area contributed by atoms with Crippen LogP contribution in [0.25, 0.3) is 17.4 Å². The average molecular weight is 402 g/mol. The predicted octanol–water partition coefficient (Wildman–Crippen LogP) is 5.08. The zero-order valence-electron chi connectivity index (χ0n) is 15.1. The molecule has 140 valence electrons. The number of thiocarbonyl (C=S) groups is 1. The van der Waals surface area contributed by atoms with Crippen molar-refractivity contribution in [3.05, 3.63) is 56.2 Å². The van der Waals surface area contributed by atoms with Crippen LogP contribution in [0.2, 0.25) is 0 Å². The molecule has 1 fully saturated rings. The summed E-state index contributed by atoms with van der Waals surface area (Å²) in [6.07, 6.45) is 2.49. The van der Waals surface area contributed by atoms with Crippen LogP contribution in [0.5, 0.6) is 0 Å². The minimum atomic E-state index is -0.394. The van der Waals surface area contributed by atoms with Gasteiger partial charge >= 0.3 is 0 Å². The van der Waals surface area contributed by atoms with Crippen LogP contribution in [0.1, 0.15) is 30.2 Å². The summed E-state index contributed by atoms with van der Waals surface area (Å²) in [6.45, 7) is 6.14. The second-order valence-corrected chi connectivity index (χ2v) is 7.91. The van der Waals surface area contributed by atoms with E-state index in [0.29, 0.717) is 38.4 Å². The van der Waals surface area contributed by atoms with Crippen LogP contribution in [0.4, 0.5) is 5.69 Å². The largest absolute Gasteiger partial charge is 0.457 e. The molecule has 1 aromatic carbocycles. The molecule has 0 N–H and O–H groups in total. The van der Waals surface area contributed by atoms with E-state index >= 15 is 0 Å². The first-order valence-corrected chi connectivity index (χ1v) is 9.65. The third kappa shape index (κ3) is 3.81. The van der Waals surface area contributed by atoms with Crippen molar-refractivity contribution in [2.75, 3.05) is 6.54 Å². The second kappa shape index (κ2) is 7.66. The van der Waals surface area contributed by atoms with E-state index in [-0.39, 0.29) is 11.6 Å². The molecule has 1 aliphatic heterocycles. The lowest BCUT2D eigenvalue weighted by Crippen LogP contribution is -2.28. The number of nitrogens with zero attached hydrogens (tertiary/aromatic N) is 2. The number of hydrogen-bond donors (Lipinski definition) is 0. The number of benzene rings is 1. The van der Waals surface area contributed by atoms with Crippen molar-refractivity contribution in [1.82, 2.24) is 4.90 Å². The Bertz CT molecular complexity index is 978. The molecule has 1 aromatic heterocycles. The van der Waals surface area contributed by atoms with Gasteiger partial charge in [-0.25, -0.2) is 0 Å². The molecule has 0 atom stereocenters. The first-order valence-electron chi connectivity index (χ1n) is 8.43. The van der Waals surface area contributed by atoms with Gasteiger partial charge in [-0.05, 0) is 44.0 Å². The zero-order valence-corrected chi connectivity index (χ0v) is 16.8. The fourth-order valence-corrected chi connectivity index (χ4v) is 4.09. The summed E-state index contributed by atoms with van der Waals surface area (Å²) in [5.41, 5.74) is 2.14. The Balaban J connectivity index is 1.91. The molecule has 1 amide bonds. The number of furan rings is 1. The van der Waals surface area contributed by atoms with E-state index in [0.717, 1.165) is 12.0 Å². The summed E-state index contributed by atoms with van der Waals surface area (Å²) in [4.78, 5) is 25.4. The summed E-state index contributed by atoms with van der Waals surface area (Å²) in [5, 5.41) is 11.3. The van der Waals surface area contributed by atoms with Gasteiger partial charge in [0.15, 0.2) is 0 Å². The molecule has 0 aliphatic carbocycles. The van der Waals surface area contributed by atoms with Crippen molar-refractivity contribution in [2.45, 2.75) is 27.2 Å². The molecular weight excluding hydrogens is 384 g/mol. The zero-order chi connectivity index (χ0) is 19.7. The van der Waals surface area contributed by atoms with E-state index in [4.69, 9.17) is 16.6 Å². The SMILES string of the molecule is CCCN1C(=O)/C(=C/c2ccc(-c3cc(C)c(C)c([N+](=O)[O-])c3)o2)SC1=S. The summed E-state index contributed by atoms with van der Waals surface area (Å²) < 4.78 is 6.36. The highest BCUT2D eigenvalue weighted by Crippen LogP contribution is 2.35. The van der Waals surface area contributed by atoms with Crippen LogP contribution in [-0.4, -0.2) is 26.6 Å². The first-order chi connectivity index (χ1) is 12.8. The molecule has 6 nitrogen and oxygen atoms in total. The number of nitro benzene ring substituents is 1. The normalized spacial score (nSPS) is 15.8. The van der Waals surface area contributed by atoms with Gasteiger partial charge in [0, 0.05) is 29.8 Å². The number of nitro groups is 1. The molecule has 0 spiro atoms. The first kappa shape index (κ1) is 19.3. The van der Waals surface area contributed by atoms with Gasteiger partial charge in [-0.3, -0.25) is 19.8 Å². The molecule has 0 unspecified atom stereocenters. The number of aryl methyl sites for hydroxylation is 1. The number of hydrogen-bond acceptors (Lipinski definition) is 6. The fourth-order valence-electron chi connectivity index (χ4n) is 2.80. The van der Waals surface area contributed by atoms with Gasteiger partial charge in [0.25, 0.3) is 11.6 Å². The van der Waals surface area contributed by atoms with Gasteiger partial charge in [0.05, 0.1) is 9.83 Å². The predicted molar refractivity (Wildman–Crippen MR) is 110 cm³/mol. The third-order valence-electron chi connectivity index (χ3n) is 4.34. The van der Waals surface area contributed by atoms with Crippen LogP contribution in [0, 0.1) is 24.0 Å². The van der Waals surface area contributed by atoms with E-state index in [1.807, 2.05) is 19.9 Å². The molecule has 0 saturated carbocycles. The quantitative estimate of drug-likeness (QED) is 0.300. The smallest absolute Gasteiger partial charge is 0.273 e. The molecule has 0 radical (unpaired) electrons. The highest BCUT2D eigenvalue weighted by Gasteiger charge is 2.31. The Morgan fingerprint density at radius 3 is 2.74 bits per heavy atom. The lowest BCUT2D eigenvalue weighted by molar-refractivity contribution is -0.385. The maximum Gasteiger partial charge on any atom is 0.273 e. The molecule has 2 heterocycles. The van der Waals surface area contributed by atoms with E-state index in [1.54, 1.807) is 30.0 Å². The molecule has 1 saturated heterocycles. The van der Waals surface area contributed by atoms with Gasteiger partial charge < -0.3 is 4.42 Å². The molecule has 2 aromatic rings. The standard InChI is InChI=1S/C19H18N2O4S2/c1-4-7-20-18(22)17(27-19(20)26)10-14-5-6-16(25-14)13-8-11(2)12(3)15(9-13)21(23)24/h5-6,8-10H,4,7H2,1-3H3/b17-10-. The molecule has 8 heteroatoms. The van der Waals surface area contributed by atoms with Crippen molar-refractivity contribution in [2.24, 2.45) is 0 Å². The van der Waals surface area contributed by atoms with Crippen molar-refractivity contribution in [3.63, 3.8) is 0 Å². The third-order valence-corrected chi connectivity index (χ3v) is 5.72. The summed E-state index contributed by atoms with van der Waals surface area (Å²) in [7, 11) is 0. The second-order valence-electron chi connectivity index (χ2n) is 6.23. The average Bonchev–Trinajstić information content (AvgIpc) is 3.18. The lowest BCUT2D eigenvalue weighted by Gasteiger charge is -2.11. The van der Waals surface area contributed by atoms with Gasteiger partial charge in [0.2, 0.25) is 0 Å². The maximum absolute atomic E-state index is 12.4. The maximum atomic E-state index is 12.4. The Morgan fingerprint density at radius 2 is 2.07 bits per heavy atom. The van der Waals surface area contributed by atoms with Gasteiger partial charge in [-0.1, -0.05) is 30.9 Å². The van der Waals surface area contributed by atoms with Crippen molar-refractivity contribution < 1.29 is 14.1 Å². The Hall–Kier alpha value is -2.45. The monoisotopic (exact) mass is 402 g/mol. The fraction of sp³-hybridized carbons (Fsp3) is 0.263. The Labute approximate surface area is 166 Å². The van der Waals surface area contributed by atoms with Crippen LogP contribution in [0.15, 0.2) is 33.6 Å². The van der Waals surface area contributed by atoms with Crippen molar-refractivity contribution in [3.8, 4) is 11.3 Å². The van der Waals surface area contributed by atoms with E-state index in [2.05, 4.69) is 0 Å². The topological polar surface area (TPSA) is 76.6 Å². The minimum absolute atomic E-state index is 0.0587. The van der Waals surface area contributed by atoms with Crippen LogP contribution in [0.3, 0.4) is 0 Å². The number of carbonyl (C=O) groups excluding carboxylic acids is 1. The van der Waals surface area contributed by atoms with E-state index in [1.165, 1.54) is 17.8 Å². The number of rotatable bonds is 5. The van der Waals surface area contributed by atoms with Crippen LogP contribution < -0.4 is 0 Å². The minimum Gasteiger partial charge on any atom is -0.457 e. The highest BCUT2D eigenvalue weighted by molar-refractivity contribution is 8.26. The summed E-state index contributed by atoms with van der Waals surface area (Å²) >= 11 is 6.51. The molecule has 27 heavy (non-hydrogen) atoms. The van der Waals surface area contributed by atoms with Crippen LogP contribution >= 0.6 is 24.0 Å².